The molecule has 0 radical (unpaired) electrons. The van der Waals surface area contributed by atoms with Crippen LogP contribution in [0.2, 0.25) is 0 Å². The highest BCUT2D eigenvalue weighted by Gasteiger charge is 2.34. The van der Waals surface area contributed by atoms with Gasteiger partial charge in [-0.3, -0.25) is 4.90 Å². The summed E-state index contributed by atoms with van der Waals surface area (Å²) in [7, 11) is 3.65. The standard InChI is InChI=1S/C23H28F3N9O/c1-27-19-18-20(35(13-28-18)22(36)30-15-5-6-15)32-21(31-19)29-16-4-3-14(17(11-16)23(24,25)26)12-34-9-7-33(2)8-10-34/h3-4,11,13,15H,5-10,12H2,1-2H3,(H,30,36)(H2,27,29,31,32). The Balaban J connectivity index is 1.43. The van der Waals surface area contributed by atoms with Crippen LogP contribution in [0, 0.1) is 0 Å². The largest absolute Gasteiger partial charge is 0.416 e. The molecule has 2 aromatic heterocycles. The van der Waals surface area contributed by atoms with Crippen molar-refractivity contribution in [3.8, 4) is 0 Å². The summed E-state index contributed by atoms with van der Waals surface area (Å²) in [6, 6.07) is 3.94. The molecule has 0 bridgehead atoms. The van der Waals surface area contributed by atoms with Gasteiger partial charge in [0.15, 0.2) is 17.0 Å². The lowest BCUT2D eigenvalue weighted by Gasteiger charge is -2.33. The monoisotopic (exact) mass is 503 g/mol. The number of aromatic nitrogens is 4. The number of benzene rings is 1. The molecule has 36 heavy (non-hydrogen) atoms. The first-order chi connectivity index (χ1) is 17.2. The molecule has 0 spiro atoms. The number of halogens is 3. The minimum atomic E-state index is -4.51. The minimum absolute atomic E-state index is 0.0489. The number of alkyl halides is 3. The molecule has 0 atom stereocenters. The summed E-state index contributed by atoms with van der Waals surface area (Å²) in [6.07, 6.45) is -1.31. The van der Waals surface area contributed by atoms with Crippen molar-refractivity contribution in [2.75, 3.05) is 50.9 Å². The minimum Gasteiger partial charge on any atom is -0.371 e. The molecule has 1 aliphatic heterocycles. The third-order valence-electron chi connectivity index (χ3n) is 6.42. The van der Waals surface area contributed by atoms with Crippen LogP contribution in [0.5, 0.6) is 0 Å². The molecule has 5 rings (SSSR count). The van der Waals surface area contributed by atoms with Gasteiger partial charge >= 0.3 is 12.2 Å². The highest BCUT2D eigenvalue weighted by Crippen LogP contribution is 2.35. The molecule has 3 heterocycles. The van der Waals surface area contributed by atoms with Crippen LogP contribution in [0.1, 0.15) is 24.0 Å². The zero-order valence-corrected chi connectivity index (χ0v) is 20.1. The Labute approximate surface area is 205 Å². The van der Waals surface area contributed by atoms with Crippen molar-refractivity contribution in [3.63, 3.8) is 0 Å². The smallest absolute Gasteiger partial charge is 0.371 e. The summed E-state index contributed by atoms with van der Waals surface area (Å²) in [5.41, 5.74) is 0.347. The molecular formula is C23H28F3N9O. The maximum atomic E-state index is 14.0. The van der Waals surface area contributed by atoms with Gasteiger partial charge in [0, 0.05) is 51.5 Å². The molecule has 192 valence electrons. The van der Waals surface area contributed by atoms with Crippen LogP contribution in [0.15, 0.2) is 24.5 Å². The van der Waals surface area contributed by atoms with E-state index in [2.05, 4.69) is 35.8 Å². The van der Waals surface area contributed by atoms with Crippen LogP contribution in [0.4, 0.5) is 35.4 Å². The van der Waals surface area contributed by atoms with Crippen molar-refractivity contribution in [1.29, 1.82) is 0 Å². The number of hydrogen-bond donors (Lipinski definition) is 3. The Morgan fingerprint density at radius 1 is 1.14 bits per heavy atom. The van der Waals surface area contributed by atoms with E-state index in [-0.39, 0.29) is 41.5 Å². The number of amides is 1. The molecule has 0 unspecified atom stereocenters. The fourth-order valence-corrected chi connectivity index (χ4v) is 4.18. The maximum absolute atomic E-state index is 14.0. The highest BCUT2D eigenvalue weighted by molar-refractivity contribution is 5.92. The molecule has 3 N–H and O–H groups in total. The summed E-state index contributed by atoms with van der Waals surface area (Å²) in [4.78, 5) is 29.7. The second-order valence-electron chi connectivity index (χ2n) is 9.23. The number of imidazole rings is 1. The van der Waals surface area contributed by atoms with Crippen LogP contribution in [0.3, 0.4) is 0 Å². The molecule has 1 aromatic carbocycles. The fraction of sp³-hybridized carbons (Fsp3) is 0.478. The van der Waals surface area contributed by atoms with E-state index in [4.69, 9.17) is 0 Å². The predicted molar refractivity (Wildman–Crippen MR) is 129 cm³/mol. The van der Waals surface area contributed by atoms with Gasteiger partial charge in [-0.05, 0) is 37.6 Å². The number of fused-ring (bicyclic) bond motifs is 1. The van der Waals surface area contributed by atoms with Crippen LogP contribution in [0.25, 0.3) is 11.2 Å². The SMILES string of the molecule is CNc1nc(Nc2ccc(CN3CCN(C)CC3)c(C(F)(F)F)c2)nc2c1ncn2C(=O)NC1CC1. The van der Waals surface area contributed by atoms with E-state index < -0.39 is 11.7 Å². The van der Waals surface area contributed by atoms with E-state index in [9.17, 15) is 18.0 Å². The van der Waals surface area contributed by atoms with Gasteiger partial charge < -0.3 is 20.9 Å². The van der Waals surface area contributed by atoms with Crippen molar-refractivity contribution in [2.24, 2.45) is 0 Å². The lowest BCUT2D eigenvalue weighted by molar-refractivity contribution is -0.138. The van der Waals surface area contributed by atoms with Gasteiger partial charge in [-0.2, -0.15) is 23.1 Å². The average molecular weight is 504 g/mol. The Bertz CT molecular complexity index is 1260. The van der Waals surface area contributed by atoms with Crippen LogP contribution in [-0.2, 0) is 12.7 Å². The number of rotatable bonds is 6. The zero-order valence-electron chi connectivity index (χ0n) is 20.1. The second-order valence-corrected chi connectivity index (χ2v) is 9.23. The van der Waals surface area contributed by atoms with Gasteiger partial charge in [0.05, 0.1) is 5.56 Å². The molecule has 10 nitrogen and oxygen atoms in total. The summed E-state index contributed by atoms with van der Waals surface area (Å²) in [6.45, 7) is 3.31. The number of nitrogens with zero attached hydrogens (tertiary/aromatic N) is 6. The van der Waals surface area contributed by atoms with E-state index in [0.29, 0.717) is 11.3 Å². The van der Waals surface area contributed by atoms with Crippen LogP contribution < -0.4 is 16.0 Å². The number of carbonyl (C=O) groups is 1. The molecule has 1 amide bonds. The summed E-state index contributed by atoms with van der Waals surface area (Å²) in [5, 5.41) is 8.65. The molecule has 2 aliphatic rings. The molecule has 1 saturated heterocycles. The maximum Gasteiger partial charge on any atom is 0.416 e. The van der Waals surface area contributed by atoms with Gasteiger partial charge in [-0.15, -0.1) is 0 Å². The summed E-state index contributed by atoms with van der Waals surface area (Å²) in [5.74, 6) is 0.399. The third-order valence-corrected chi connectivity index (χ3v) is 6.42. The van der Waals surface area contributed by atoms with Gasteiger partial charge in [0.2, 0.25) is 5.95 Å². The Morgan fingerprint density at radius 3 is 2.56 bits per heavy atom. The lowest BCUT2D eigenvalue weighted by atomic mass is 10.0. The molecule has 3 aromatic rings. The van der Waals surface area contributed by atoms with Crippen molar-refractivity contribution < 1.29 is 18.0 Å². The molecular weight excluding hydrogens is 475 g/mol. The van der Waals surface area contributed by atoms with Crippen molar-refractivity contribution in [3.05, 3.63) is 35.7 Å². The topological polar surface area (TPSA) is 103 Å². The molecule has 1 saturated carbocycles. The Morgan fingerprint density at radius 2 is 1.89 bits per heavy atom. The quantitative estimate of drug-likeness (QED) is 0.472. The number of anilines is 3. The van der Waals surface area contributed by atoms with E-state index in [1.165, 1.54) is 17.0 Å². The first-order valence-corrected chi connectivity index (χ1v) is 11.8. The zero-order chi connectivity index (χ0) is 25.4. The lowest BCUT2D eigenvalue weighted by Crippen LogP contribution is -2.44. The number of hydrogen-bond acceptors (Lipinski definition) is 8. The van der Waals surface area contributed by atoms with Gasteiger partial charge in [0.25, 0.3) is 0 Å². The van der Waals surface area contributed by atoms with Gasteiger partial charge in [0.1, 0.15) is 6.33 Å². The normalized spacial score (nSPS) is 17.4. The van der Waals surface area contributed by atoms with Crippen molar-refractivity contribution >= 4 is 34.6 Å². The highest BCUT2D eigenvalue weighted by atomic mass is 19.4. The number of likely N-dealkylation sites (N-methyl/N-ethyl adjacent to an activating group) is 1. The number of piperazine rings is 1. The molecule has 1 aliphatic carbocycles. The van der Waals surface area contributed by atoms with Gasteiger partial charge in [-0.1, -0.05) is 6.07 Å². The van der Waals surface area contributed by atoms with E-state index in [1.54, 1.807) is 13.1 Å². The fourth-order valence-electron chi connectivity index (χ4n) is 4.18. The second kappa shape index (κ2) is 9.54. The third kappa shape index (κ3) is 5.21. The van der Waals surface area contributed by atoms with Crippen molar-refractivity contribution in [1.82, 2.24) is 34.6 Å². The van der Waals surface area contributed by atoms with E-state index in [0.717, 1.165) is 45.1 Å². The van der Waals surface area contributed by atoms with E-state index in [1.807, 2.05) is 11.9 Å². The average Bonchev–Trinajstić information content (AvgIpc) is 3.55. The van der Waals surface area contributed by atoms with E-state index >= 15 is 0 Å². The van der Waals surface area contributed by atoms with Crippen molar-refractivity contribution in [2.45, 2.75) is 31.6 Å². The summed E-state index contributed by atoms with van der Waals surface area (Å²) >= 11 is 0. The summed E-state index contributed by atoms with van der Waals surface area (Å²) < 4.78 is 43.2. The number of nitrogens with one attached hydrogen (secondary N) is 3. The molecule has 13 heteroatoms. The van der Waals surface area contributed by atoms with Crippen LogP contribution in [-0.4, -0.2) is 81.7 Å². The number of carbonyl (C=O) groups excluding carboxylic acids is 1. The first-order valence-electron chi connectivity index (χ1n) is 11.8. The van der Waals surface area contributed by atoms with Crippen LogP contribution >= 0.6 is 0 Å². The first kappa shape index (κ1) is 24.3. The van der Waals surface area contributed by atoms with Gasteiger partial charge in [-0.25, -0.2) is 14.3 Å². The Hall–Kier alpha value is -3.45. The Kier molecular flexibility index (Phi) is 6.43. The predicted octanol–water partition coefficient (Wildman–Crippen LogP) is 3.10. The molecule has 2 fully saturated rings.